The number of hydrogen-bond donors (Lipinski definition) is 0. The van der Waals surface area contributed by atoms with Crippen LogP contribution in [0.15, 0.2) is 18.2 Å². The number of ether oxygens (including phenoxy) is 2. The summed E-state index contributed by atoms with van der Waals surface area (Å²) in [5.41, 5.74) is 0.869. The Morgan fingerprint density at radius 1 is 1.16 bits per heavy atom. The van der Waals surface area contributed by atoms with Crippen LogP contribution in [0.25, 0.3) is 0 Å². The van der Waals surface area contributed by atoms with Crippen LogP contribution in [0, 0.1) is 11.8 Å². The van der Waals surface area contributed by atoms with Crippen LogP contribution in [-0.4, -0.2) is 65.3 Å². The molecule has 0 radical (unpaired) electrons. The molecule has 2 heterocycles. The maximum atomic E-state index is 13.7. The summed E-state index contributed by atoms with van der Waals surface area (Å²) in [6.07, 6.45) is 5.89. The largest absolute Gasteiger partial charge is 0.486 e. The van der Waals surface area contributed by atoms with E-state index in [-0.39, 0.29) is 29.6 Å². The Balaban J connectivity index is 1.58. The van der Waals surface area contributed by atoms with Gasteiger partial charge in [-0.15, -0.1) is 0 Å². The molecule has 3 unspecified atom stereocenters. The van der Waals surface area contributed by atoms with Gasteiger partial charge in [-0.2, -0.15) is 11.8 Å². The van der Waals surface area contributed by atoms with Crippen molar-refractivity contribution in [2.45, 2.75) is 51.6 Å². The van der Waals surface area contributed by atoms with Crippen LogP contribution in [0.1, 0.15) is 44.6 Å². The van der Waals surface area contributed by atoms with Crippen LogP contribution in [0.3, 0.4) is 0 Å². The van der Waals surface area contributed by atoms with Crippen molar-refractivity contribution in [3.05, 3.63) is 23.8 Å². The minimum absolute atomic E-state index is 0.149. The highest BCUT2D eigenvalue weighted by Gasteiger charge is 2.52. The van der Waals surface area contributed by atoms with Crippen molar-refractivity contribution in [2.75, 3.05) is 31.8 Å². The molecule has 1 saturated carbocycles. The zero-order valence-electron chi connectivity index (χ0n) is 18.9. The molecule has 1 saturated heterocycles. The Labute approximate surface area is 193 Å². The lowest BCUT2D eigenvalue weighted by molar-refractivity contribution is -0.152. The van der Waals surface area contributed by atoms with Crippen LogP contribution in [-0.2, 0) is 20.9 Å². The number of likely N-dealkylation sites (tertiary alicyclic amines) is 1. The van der Waals surface area contributed by atoms with Gasteiger partial charge in [0.25, 0.3) is 0 Å². The fourth-order valence-electron chi connectivity index (χ4n) is 5.11. The third-order valence-electron chi connectivity index (χ3n) is 6.77. The molecule has 0 aromatic heterocycles. The van der Waals surface area contributed by atoms with Crippen molar-refractivity contribution >= 4 is 29.5 Å². The van der Waals surface area contributed by atoms with Crippen LogP contribution >= 0.6 is 11.8 Å². The first-order valence-electron chi connectivity index (χ1n) is 11.6. The number of nitrogens with zero attached hydrogens (tertiary/aromatic N) is 2. The predicted molar refractivity (Wildman–Crippen MR) is 123 cm³/mol. The van der Waals surface area contributed by atoms with E-state index in [2.05, 4.69) is 0 Å². The zero-order valence-corrected chi connectivity index (χ0v) is 19.7. The molecule has 0 bridgehead atoms. The molecule has 0 spiro atoms. The maximum absolute atomic E-state index is 13.7. The number of likely N-dealkylation sites (N-methyl/N-ethyl adjacent to an activating group) is 1. The molecule has 2 aliphatic heterocycles. The average molecular weight is 461 g/mol. The zero-order chi connectivity index (χ0) is 22.7. The minimum atomic E-state index is -0.746. The van der Waals surface area contributed by atoms with Gasteiger partial charge in [0.2, 0.25) is 17.7 Å². The molecular weight excluding hydrogens is 428 g/mol. The molecule has 1 aromatic rings. The van der Waals surface area contributed by atoms with E-state index < -0.39 is 6.04 Å². The molecule has 0 N–H and O–H groups in total. The second-order valence-corrected chi connectivity index (χ2v) is 9.62. The van der Waals surface area contributed by atoms with Gasteiger partial charge in [-0.1, -0.05) is 25.0 Å². The first-order valence-corrected chi connectivity index (χ1v) is 13.0. The lowest BCUT2D eigenvalue weighted by Gasteiger charge is -2.32. The number of amides is 3. The quantitative estimate of drug-likeness (QED) is 0.555. The first-order chi connectivity index (χ1) is 15.6. The topological polar surface area (TPSA) is 76.2 Å². The van der Waals surface area contributed by atoms with E-state index >= 15 is 0 Å². The number of carbonyl (C=O) groups excluding carboxylic acids is 3. The van der Waals surface area contributed by atoms with Crippen LogP contribution in [0.4, 0.5) is 0 Å². The minimum Gasteiger partial charge on any atom is -0.486 e. The fourth-order valence-corrected chi connectivity index (χ4v) is 5.57. The van der Waals surface area contributed by atoms with Gasteiger partial charge in [0.1, 0.15) is 19.3 Å². The molecule has 7 nitrogen and oxygen atoms in total. The Morgan fingerprint density at radius 3 is 2.50 bits per heavy atom. The normalized spacial score (nSPS) is 23.1. The van der Waals surface area contributed by atoms with E-state index in [1.165, 1.54) is 4.90 Å². The van der Waals surface area contributed by atoms with Crippen LogP contribution in [0.5, 0.6) is 11.5 Å². The smallest absolute Gasteiger partial charge is 0.246 e. The predicted octanol–water partition coefficient (Wildman–Crippen LogP) is 3.10. The van der Waals surface area contributed by atoms with E-state index in [1.54, 1.807) is 16.7 Å². The molecule has 8 heteroatoms. The molecule has 32 heavy (non-hydrogen) atoms. The Morgan fingerprint density at radius 2 is 1.84 bits per heavy atom. The molecule has 3 amide bonds. The highest BCUT2D eigenvalue weighted by atomic mass is 32.2. The maximum Gasteiger partial charge on any atom is 0.246 e. The standard InChI is InChI=1S/C24H32N2O5S/c1-3-25(15-16-7-6-10-20-21(16)31-13-12-30-20)24(29)19(11-14-32-2)26-22(27)17-8-4-5-9-18(17)23(26)28/h6-7,10,17-19H,3-5,8-9,11-15H2,1-2H3. The lowest BCUT2D eigenvalue weighted by Crippen LogP contribution is -2.51. The second kappa shape index (κ2) is 10.1. The van der Waals surface area contributed by atoms with Crippen molar-refractivity contribution in [3.63, 3.8) is 0 Å². The number of carbonyl (C=O) groups is 3. The van der Waals surface area contributed by atoms with Crippen molar-refractivity contribution in [2.24, 2.45) is 11.8 Å². The van der Waals surface area contributed by atoms with E-state index in [9.17, 15) is 14.4 Å². The van der Waals surface area contributed by atoms with Gasteiger partial charge >= 0.3 is 0 Å². The van der Waals surface area contributed by atoms with Crippen molar-refractivity contribution in [3.8, 4) is 11.5 Å². The van der Waals surface area contributed by atoms with Crippen molar-refractivity contribution in [1.29, 1.82) is 0 Å². The average Bonchev–Trinajstić information content (AvgIpc) is 3.08. The molecule has 174 valence electrons. The number of rotatable bonds is 8. The third kappa shape index (κ3) is 4.34. The molecule has 2 fully saturated rings. The fraction of sp³-hybridized carbons (Fsp3) is 0.625. The summed E-state index contributed by atoms with van der Waals surface area (Å²) in [6.45, 7) is 3.72. The van der Waals surface area contributed by atoms with Gasteiger partial charge in [0.05, 0.1) is 11.8 Å². The number of imide groups is 1. The second-order valence-electron chi connectivity index (χ2n) is 8.63. The van der Waals surface area contributed by atoms with E-state index in [4.69, 9.17) is 9.47 Å². The summed E-state index contributed by atoms with van der Waals surface area (Å²) in [5, 5.41) is 0. The van der Waals surface area contributed by atoms with Gasteiger partial charge in [-0.05, 0) is 44.3 Å². The van der Waals surface area contributed by atoms with Gasteiger partial charge in [0, 0.05) is 18.7 Å². The van der Waals surface area contributed by atoms with Gasteiger partial charge in [-0.3, -0.25) is 19.3 Å². The summed E-state index contributed by atoms with van der Waals surface area (Å²) in [5.74, 6) is 1.10. The van der Waals surface area contributed by atoms with Gasteiger partial charge in [-0.25, -0.2) is 0 Å². The van der Waals surface area contributed by atoms with Crippen molar-refractivity contribution in [1.82, 2.24) is 9.80 Å². The number of benzene rings is 1. The lowest BCUT2D eigenvalue weighted by atomic mass is 9.81. The van der Waals surface area contributed by atoms with Gasteiger partial charge < -0.3 is 14.4 Å². The monoisotopic (exact) mass is 460 g/mol. The SMILES string of the molecule is CCN(Cc1cccc2c1OCCO2)C(=O)C(CCSC)N1C(=O)C2CCCCC2C1=O. The van der Waals surface area contributed by atoms with Crippen LogP contribution < -0.4 is 9.47 Å². The Hall–Kier alpha value is -2.22. The highest BCUT2D eigenvalue weighted by Crippen LogP contribution is 2.40. The van der Waals surface area contributed by atoms with E-state index in [1.807, 2.05) is 31.4 Å². The summed E-state index contributed by atoms with van der Waals surface area (Å²) in [7, 11) is 0. The van der Waals surface area contributed by atoms with E-state index in [0.29, 0.717) is 50.0 Å². The van der Waals surface area contributed by atoms with E-state index in [0.717, 1.165) is 31.2 Å². The number of para-hydroxylation sites is 1. The molecular formula is C24H32N2O5S. The Kier molecular flexibility index (Phi) is 7.28. The molecule has 1 aliphatic carbocycles. The molecule has 1 aromatic carbocycles. The summed E-state index contributed by atoms with van der Waals surface area (Å²) < 4.78 is 11.5. The number of hydrogen-bond acceptors (Lipinski definition) is 6. The summed E-state index contributed by atoms with van der Waals surface area (Å²) in [4.78, 5) is 43.2. The number of thioether (sulfide) groups is 1. The Bertz CT molecular complexity index is 852. The summed E-state index contributed by atoms with van der Waals surface area (Å²) in [6, 6.07) is 4.94. The number of fused-ring (bicyclic) bond motifs is 2. The summed E-state index contributed by atoms with van der Waals surface area (Å²) >= 11 is 1.62. The van der Waals surface area contributed by atoms with Crippen molar-refractivity contribution < 1.29 is 23.9 Å². The molecule has 3 atom stereocenters. The first kappa shape index (κ1) is 23.0. The van der Waals surface area contributed by atoms with Crippen LogP contribution in [0.2, 0.25) is 0 Å². The molecule has 4 rings (SSSR count). The van der Waals surface area contributed by atoms with Gasteiger partial charge in [0.15, 0.2) is 11.5 Å². The third-order valence-corrected chi connectivity index (χ3v) is 7.41. The molecule has 3 aliphatic rings. The highest BCUT2D eigenvalue weighted by molar-refractivity contribution is 7.98.